The normalized spacial score (nSPS) is 10.2. The van der Waals surface area contributed by atoms with E-state index in [0.29, 0.717) is 11.3 Å². The molecule has 0 amide bonds. The summed E-state index contributed by atoms with van der Waals surface area (Å²) in [6, 6.07) is 8.91. The minimum atomic E-state index is 0.0178. The standard InChI is InChI=1S/C11H8BrNOS/c12-8-4-3-7(6-9(8)13)11(14)10-2-1-5-15-10/h1-6H,13H2. The molecule has 0 aliphatic heterocycles. The van der Waals surface area contributed by atoms with E-state index in [4.69, 9.17) is 5.73 Å². The van der Waals surface area contributed by atoms with Gasteiger partial charge in [-0.1, -0.05) is 6.07 Å². The predicted octanol–water partition coefficient (Wildman–Crippen LogP) is 3.32. The maximum absolute atomic E-state index is 11.9. The van der Waals surface area contributed by atoms with Crippen LogP contribution in [0.2, 0.25) is 0 Å². The molecule has 0 atom stereocenters. The van der Waals surface area contributed by atoms with Crippen molar-refractivity contribution in [2.45, 2.75) is 0 Å². The lowest BCUT2D eigenvalue weighted by Gasteiger charge is -2.01. The van der Waals surface area contributed by atoms with Gasteiger partial charge in [0.2, 0.25) is 5.78 Å². The number of rotatable bonds is 2. The highest BCUT2D eigenvalue weighted by Gasteiger charge is 2.10. The molecule has 0 saturated heterocycles. The number of nitrogen functional groups attached to an aromatic ring is 1. The summed E-state index contributed by atoms with van der Waals surface area (Å²) in [6.07, 6.45) is 0. The summed E-state index contributed by atoms with van der Waals surface area (Å²) < 4.78 is 0.810. The van der Waals surface area contributed by atoms with Gasteiger partial charge in [-0.2, -0.15) is 0 Å². The first-order chi connectivity index (χ1) is 7.18. The summed E-state index contributed by atoms with van der Waals surface area (Å²) in [5, 5.41) is 1.88. The molecule has 2 aromatic rings. The van der Waals surface area contributed by atoms with Gasteiger partial charge >= 0.3 is 0 Å². The number of hydrogen-bond donors (Lipinski definition) is 1. The van der Waals surface area contributed by atoms with Crippen molar-refractivity contribution in [1.29, 1.82) is 0 Å². The third-order valence-electron chi connectivity index (χ3n) is 2.00. The van der Waals surface area contributed by atoms with Gasteiger partial charge in [-0.3, -0.25) is 4.79 Å². The Balaban J connectivity index is 2.39. The Morgan fingerprint density at radius 3 is 2.73 bits per heavy atom. The van der Waals surface area contributed by atoms with Crippen LogP contribution in [0.4, 0.5) is 5.69 Å². The molecule has 0 saturated carbocycles. The van der Waals surface area contributed by atoms with E-state index in [9.17, 15) is 4.79 Å². The third kappa shape index (κ3) is 2.11. The van der Waals surface area contributed by atoms with Crippen LogP contribution in [0.25, 0.3) is 0 Å². The third-order valence-corrected chi connectivity index (χ3v) is 3.59. The smallest absolute Gasteiger partial charge is 0.203 e. The lowest BCUT2D eigenvalue weighted by Crippen LogP contribution is -1.99. The van der Waals surface area contributed by atoms with Gasteiger partial charge in [0.05, 0.1) is 4.88 Å². The quantitative estimate of drug-likeness (QED) is 0.678. The second kappa shape index (κ2) is 4.16. The average Bonchev–Trinajstić information content (AvgIpc) is 2.74. The lowest BCUT2D eigenvalue weighted by molar-refractivity contribution is 0.104. The molecule has 0 fully saturated rings. The number of benzene rings is 1. The molecular weight excluding hydrogens is 274 g/mol. The van der Waals surface area contributed by atoms with Crippen molar-refractivity contribution in [2.75, 3.05) is 5.73 Å². The summed E-state index contributed by atoms with van der Waals surface area (Å²) in [6.45, 7) is 0. The van der Waals surface area contributed by atoms with Crippen LogP contribution in [0.5, 0.6) is 0 Å². The Bertz CT molecular complexity index is 493. The van der Waals surface area contributed by atoms with Crippen molar-refractivity contribution in [2.24, 2.45) is 0 Å². The molecule has 0 bridgehead atoms. The van der Waals surface area contributed by atoms with Crippen molar-refractivity contribution in [1.82, 2.24) is 0 Å². The molecule has 1 heterocycles. The van der Waals surface area contributed by atoms with Crippen molar-refractivity contribution in [3.63, 3.8) is 0 Å². The van der Waals surface area contributed by atoms with Gasteiger partial charge in [0.15, 0.2) is 0 Å². The SMILES string of the molecule is Nc1cc(C(=O)c2cccs2)ccc1Br. The van der Waals surface area contributed by atoms with Crippen molar-refractivity contribution in [3.05, 3.63) is 50.6 Å². The van der Waals surface area contributed by atoms with Crippen LogP contribution in [0.1, 0.15) is 15.2 Å². The highest BCUT2D eigenvalue weighted by molar-refractivity contribution is 9.10. The fourth-order valence-electron chi connectivity index (χ4n) is 1.24. The fourth-order valence-corrected chi connectivity index (χ4v) is 2.17. The van der Waals surface area contributed by atoms with E-state index in [1.807, 2.05) is 17.5 Å². The zero-order chi connectivity index (χ0) is 10.8. The molecule has 1 aromatic carbocycles. The Morgan fingerprint density at radius 1 is 1.33 bits per heavy atom. The molecule has 0 radical (unpaired) electrons. The zero-order valence-corrected chi connectivity index (χ0v) is 10.1. The van der Waals surface area contributed by atoms with Gasteiger partial charge in [0.25, 0.3) is 0 Å². The van der Waals surface area contributed by atoms with Gasteiger partial charge < -0.3 is 5.73 Å². The summed E-state index contributed by atoms with van der Waals surface area (Å²) in [7, 11) is 0. The summed E-state index contributed by atoms with van der Waals surface area (Å²) in [5.74, 6) is 0.0178. The number of anilines is 1. The largest absolute Gasteiger partial charge is 0.398 e. The van der Waals surface area contributed by atoms with E-state index in [0.717, 1.165) is 9.35 Å². The molecule has 15 heavy (non-hydrogen) atoms. The van der Waals surface area contributed by atoms with Crippen LogP contribution in [0.3, 0.4) is 0 Å². The second-order valence-electron chi connectivity index (χ2n) is 3.04. The van der Waals surface area contributed by atoms with Gasteiger partial charge in [0.1, 0.15) is 0 Å². The highest BCUT2D eigenvalue weighted by atomic mass is 79.9. The maximum atomic E-state index is 11.9. The van der Waals surface area contributed by atoms with Crippen LogP contribution >= 0.6 is 27.3 Å². The van der Waals surface area contributed by atoms with E-state index in [1.54, 1.807) is 18.2 Å². The molecule has 0 aliphatic carbocycles. The summed E-state index contributed by atoms with van der Waals surface area (Å²) in [5.41, 5.74) is 6.92. The molecule has 2 rings (SSSR count). The predicted molar refractivity (Wildman–Crippen MR) is 66.3 cm³/mol. The number of halogens is 1. The number of carbonyl (C=O) groups excluding carboxylic acids is 1. The van der Waals surface area contributed by atoms with E-state index in [-0.39, 0.29) is 5.78 Å². The Labute approximate surface area is 99.9 Å². The molecule has 0 aliphatic rings. The van der Waals surface area contributed by atoms with Crippen molar-refractivity contribution >= 4 is 38.7 Å². The monoisotopic (exact) mass is 281 g/mol. The molecule has 0 spiro atoms. The average molecular weight is 282 g/mol. The topological polar surface area (TPSA) is 43.1 Å². The summed E-state index contributed by atoms with van der Waals surface area (Å²) >= 11 is 4.73. The Morgan fingerprint density at radius 2 is 2.13 bits per heavy atom. The van der Waals surface area contributed by atoms with Gasteiger partial charge in [-0.15, -0.1) is 11.3 Å². The minimum Gasteiger partial charge on any atom is -0.398 e. The van der Waals surface area contributed by atoms with Crippen LogP contribution < -0.4 is 5.73 Å². The van der Waals surface area contributed by atoms with Crippen LogP contribution in [-0.4, -0.2) is 5.78 Å². The molecule has 4 heteroatoms. The first kappa shape index (κ1) is 10.4. The molecular formula is C11H8BrNOS. The second-order valence-corrected chi connectivity index (χ2v) is 4.84. The first-order valence-corrected chi connectivity index (χ1v) is 5.99. The molecule has 76 valence electrons. The van der Waals surface area contributed by atoms with Gasteiger partial charge in [-0.25, -0.2) is 0 Å². The van der Waals surface area contributed by atoms with E-state index in [1.165, 1.54) is 11.3 Å². The van der Waals surface area contributed by atoms with Gasteiger partial charge in [0, 0.05) is 15.7 Å². The first-order valence-electron chi connectivity index (χ1n) is 4.31. The Hall–Kier alpha value is -1.13. The van der Waals surface area contributed by atoms with Gasteiger partial charge in [-0.05, 0) is 45.6 Å². The fraction of sp³-hybridized carbons (Fsp3) is 0. The van der Waals surface area contributed by atoms with E-state index in [2.05, 4.69) is 15.9 Å². The number of nitrogens with two attached hydrogens (primary N) is 1. The van der Waals surface area contributed by atoms with Crippen molar-refractivity contribution in [3.8, 4) is 0 Å². The lowest BCUT2D eigenvalue weighted by atomic mass is 10.1. The number of hydrogen-bond acceptors (Lipinski definition) is 3. The van der Waals surface area contributed by atoms with E-state index >= 15 is 0 Å². The molecule has 2 nitrogen and oxygen atoms in total. The number of thiophene rings is 1. The molecule has 2 N–H and O–H groups in total. The minimum absolute atomic E-state index is 0.0178. The summed E-state index contributed by atoms with van der Waals surface area (Å²) in [4.78, 5) is 12.6. The maximum Gasteiger partial charge on any atom is 0.203 e. The zero-order valence-electron chi connectivity index (χ0n) is 7.74. The van der Waals surface area contributed by atoms with E-state index < -0.39 is 0 Å². The Kier molecular flexibility index (Phi) is 2.88. The van der Waals surface area contributed by atoms with Crippen LogP contribution in [0.15, 0.2) is 40.2 Å². The number of carbonyl (C=O) groups is 1. The van der Waals surface area contributed by atoms with Crippen molar-refractivity contribution < 1.29 is 4.79 Å². The molecule has 0 unspecified atom stereocenters. The highest BCUT2D eigenvalue weighted by Crippen LogP contribution is 2.22. The molecule has 1 aromatic heterocycles. The van der Waals surface area contributed by atoms with Crippen LogP contribution in [-0.2, 0) is 0 Å². The number of ketones is 1. The van der Waals surface area contributed by atoms with Crippen LogP contribution in [0, 0.1) is 0 Å².